The highest BCUT2D eigenvalue weighted by atomic mass is 16.5. The second-order valence-corrected chi connectivity index (χ2v) is 9.73. The molecule has 2 aliphatic heterocycles. The van der Waals surface area contributed by atoms with Gasteiger partial charge < -0.3 is 24.2 Å². The largest absolute Gasteiger partial charge is 0.496 e. The zero-order valence-electron chi connectivity index (χ0n) is 21.0. The number of piperazine rings is 1. The fourth-order valence-corrected chi connectivity index (χ4v) is 5.05. The van der Waals surface area contributed by atoms with Crippen molar-refractivity contribution in [1.82, 2.24) is 9.80 Å². The summed E-state index contributed by atoms with van der Waals surface area (Å²) in [5.74, 6) is 2.44. The summed E-state index contributed by atoms with van der Waals surface area (Å²) in [6, 6.07) is 14.1. The van der Waals surface area contributed by atoms with E-state index in [2.05, 4.69) is 41.0 Å². The average Bonchev–Trinajstić information content (AvgIpc) is 2.87. The van der Waals surface area contributed by atoms with Gasteiger partial charge in [0.1, 0.15) is 11.5 Å². The molecule has 0 radical (unpaired) electrons. The van der Waals surface area contributed by atoms with Gasteiger partial charge in [-0.2, -0.15) is 0 Å². The molecule has 34 heavy (non-hydrogen) atoms. The van der Waals surface area contributed by atoms with E-state index in [-0.39, 0.29) is 5.91 Å². The number of piperidine rings is 1. The van der Waals surface area contributed by atoms with E-state index in [4.69, 9.17) is 9.47 Å². The Hall–Kier alpha value is -2.73. The van der Waals surface area contributed by atoms with Crippen molar-refractivity contribution in [2.75, 3.05) is 64.4 Å². The van der Waals surface area contributed by atoms with Crippen molar-refractivity contribution < 1.29 is 14.3 Å². The summed E-state index contributed by atoms with van der Waals surface area (Å²) in [6.45, 7) is 11.7. The van der Waals surface area contributed by atoms with Gasteiger partial charge in [-0.25, -0.2) is 0 Å². The number of hydrogen-bond donors (Lipinski definition) is 0. The molecule has 1 amide bonds. The van der Waals surface area contributed by atoms with Crippen molar-refractivity contribution in [3.63, 3.8) is 0 Å². The Balaban J connectivity index is 1.22. The number of aryl methyl sites for hydroxylation is 1. The average molecular weight is 466 g/mol. The molecule has 2 heterocycles. The third kappa shape index (κ3) is 6.23. The molecule has 2 fully saturated rings. The molecule has 2 aromatic carbocycles. The molecule has 2 aromatic rings. The minimum absolute atomic E-state index is 0.0444. The normalized spacial score (nSPS) is 19.2. The Labute approximate surface area is 204 Å². The zero-order chi connectivity index (χ0) is 23.9. The minimum Gasteiger partial charge on any atom is -0.496 e. The van der Waals surface area contributed by atoms with Crippen LogP contribution in [0.25, 0.3) is 0 Å². The highest BCUT2D eigenvalue weighted by Gasteiger charge is 2.24. The standard InChI is InChI=1S/C28H39N3O3/c1-22-7-12-27(33-3)26(20-22)28(32)31-17-15-30(16-18-31)24-8-10-25(11-9-24)34-19-5-14-29-13-4-6-23(2)21-29/h7-12,20,23H,4-6,13-19,21H2,1-3H3. The third-order valence-corrected chi connectivity index (χ3v) is 6.98. The van der Waals surface area contributed by atoms with Crippen LogP contribution in [-0.4, -0.2) is 75.2 Å². The molecule has 2 saturated heterocycles. The van der Waals surface area contributed by atoms with Crippen LogP contribution in [0.4, 0.5) is 5.69 Å². The molecule has 0 bridgehead atoms. The smallest absolute Gasteiger partial charge is 0.257 e. The van der Waals surface area contributed by atoms with Crippen LogP contribution in [0.1, 0.15) is 42.1 Å². The molecule has 0 saturated carbocycles. The van der Waals surface area contributed by atoms with Gasteiger partial charge in [-0.3, -0.25) is 4.79 Å². The van der Waals surface area contributed by atoms with Crippen LogP contribution in [0.2, 0.25) is 0 Å². The third-order valence-electron chi connectivity index (χ3n) is 6.98. The first-order valence-electron chi connectivity index (χ1n) is 12.7. The molecule has 2 aliphatic rings. The number of ether oxygens (including phenoxy) is 2. The summed E-state index contributed by atoms with van der Waals surface area (Å²) in [5.41, 5.74) is 2.88. The van der Waals surface area contributed by atoms with E-state index in [1.807, 2.05) is 30.0 Å². The van der Waals surface area contributed by atoms with Crippen molar-refractivity contribution in [3.8, 4) is 11.5 Å². The molecule has 1 atom stereocenters. The van der Waals surface area contributed by atoms with E-state index in [9.17, 15) is 4.79 Å². The summed E-state index contributed by atoms with van der Waals surface area (Å²) in [7, 11) is 1.61. The van der Waals surface area contributed by atoms with Crippen LogP contribution < -0.4 is 14.4 Å². The van der Waals surface area contributed by atoms with Crippen LogP contribution in [0.5, 0.6) is 11.5 Å². The van der Waals surface area contributed by atoms with E-state index in [0.717, 1.165) is 49.9 Å². The van der Waals surface area contributed by atoms with Crippen molar-refractivity contribution in [2.45, 2.75) is 33.1 Å². The summed E-state index contributed by atoms with van der Waals surface area (Å²) >= 11 is 0. The van der Waals surface area contributed by atoms with E-state index in [1.54, 1.807) is 7.11 Å². The lowest BCUT2D eigenvalue weighted by Gasteiger charge is -2.36. The summed E-state index contributed by atoms with van der Waals surface area (Å²) in [4.78, 5) is 19.9. The quantitative estimate of drug-likeness (QED) is 0.539. The summed E-state index contributed by atoms with van der Waals surface area (Å²) < 4.78 is 11.4. The Morgan fingerprint density at radius 1 is 1.03 bits per heavy atom. The fourth-order valence-electron chi connectivity index (χ4n) is 5.05. The maximum Gasteiger partial charge on any atom is 0.257 e. The topological polar surface area (TPSA) is 45.3 Å². The number of methoxy groups -OCH3 is 1. The van der Waals surface area contributed by atoms with Crippen molar-refractivity contribution >= 4 is 11.6 Å². The molecule has 6 nitrogen and oxygen atoms in total. The Morgan fingerprint density at radius 3 is 2.50 bits per heavy atom. The maximum atomic E-state index is 13.1. The Morgan fingerprint density at radius 2 is 1.79 bits per heavy atom. The van der Waals surface area contributed by atoms with Crippen LogP contribution in [0.15, 0.2) is 42.5 Å². The maximum absolute atomic E-state index is 13.1. The summed E-state index contributed by atoms with van der Waals surface area (Å²) in [5, 5.41) is 0. The summed E-state index contributed by atoms with van der Waals surface area (Å²) in [6.07, 6.45) is 3.76. The van der Waals surface area contributed by atoms with E-state index < -0.39 is 0 Å². The number of benzene rings is 2. The predicted octanol–water partition coefficient (Wildman–Crippen LogP) is 4.47. The van der Waals surface area contributed by atoms with E-state index in [1.165, 1.54) is 31.6 Å². The SMILES string of the molecule is COc1ccc(C)cc1C(=O)N1CCN(c2ccc(OCCCN3CCCC(C)C3)cc2)CC1. The molecule has 0 N–H and O–H groups in total. The number of hydrogen-bond acceptors (Lipinski definition) is 5. The molecule has 1 unspecified atom stereocenters. The van der Waals surface area contributed by atoms with Gasteiger partial charge in [0.15, 0.2) is 0 Å². The second kappa shape index (κ2) is 11.6. The first-order valence-corrected chi connectivity index (χ1v) is 12.7. The number of anilines is 1. The highest BCUT2D eigenvalue weighted by molar-refractivity contribution is 5.97. The van der Waals surface area contributed by atoms with Crippen LogP contribution >= 0.6 is 0 Å². The second-order valence-electron chi connectivity index (χ2n) is 9.73. The molecule has 0 spiro atoms. The predicted molar refractivity (Wildman–Crippen MR) is 137 cm³/mol. The monoisotopic (exact) mass is 465 g/mol. The molecule has 4 rings (SSSR count). The van der Waals surface area contributed by atoms with Crippen LogP contribution in [0, 0.1) is 12.8 Å². The van der Waals surface area contributed by atoms with Gasteiger partial charge in [0.25, 0.3) is 5.91 Å². The lowest BCUT2D eigenvalue weighted by molar-refractivity contribution is 0.0743. The van der Waals surface area contributed by atoms with Crippen LogP contribution in [0.3, 0.4) is 0 Å². The molecule has 0 aromatic heterocycles. The Kier molecular flexibility index (Phi) is 8.33. The van der Waals surface area contributed by atoms with Gasteiger partial charge in [0.2, 0.25) is 0 Å². The van der Waals surface area contributed by atoms with E-state index in [0.29, 0.717) is 24.4 Å². The van der Waals surface area contributed by atoms with Crippen molar-refractivity contribution in [2.24, 2.45) is 5.92 Å². The molecule has 184 valence electrons. The number of carbonyl (C=O) groups excluding carboxylic acids is 1. The van der Waals surface area contributed by atoms with Gasteiger partial charge in [0, 0.05) is 45.0 Å². The number of amides is 1. The lowest BCUT2D eigenvalue weighted by atomic mass is 10.0. The highest BCUT2D eigenvalue weighted by Crippen LogP contribution is 2.24. The minimum atomic E-state index is 0.0444. The fraction of sp³-hybridized carbons (Fsp3) is 0.536. The zero-order valence-corrected chi connectivity index (χ0v) is 21.0. The van der Waals surface area contributed by atoms with Gasteiger partial charge in [-0.1, -0.05) is 18.6 Å². The first-order chi connectivity index (χ1) is 16.5. The number of rotatable bonds is 8. The molecule has 6 heteroatoms. The van der Waals surface area contributed by atoms with Gasteiger partial charge in [0.05, 0.1) is 19.3 Å². The van der Waals surface area contributed by atoms with Gasteiger partial charge >= 0.3 is 0 Å². The first kappa shape index (κ1) is 24.4. The number of likely N-dealkylation sites (tertiary alicyclic amines) is 1. The Bertz CT molecular complexity index is 938. The van der Waals surface area contributed by atoms with Gasteiger partial charge in [-0.05, 0) is 75.0 Å². The van der Waals surface area contributed by atoms with Crippen LogP contribution in [-0.2, 0) is 0 Å². The van der Waals surface area contributed by atoms with Gasteiger partial charge in [-0.15, -0.1) is 0 Å². The number of carbonyl (C=O) groups is 1. The lowest BCUT2D eigenvalue weighted by Crippen LogP contribution is -2.48. The number of nitrogens with zero attached hydrogens (tertiary/aromatic N) is 3. The van der Waals surface area contributed by atoms with E-state index >= 15 is 0 Å². The van der Waals surface area contributed by atoms with Crippen molar-refractivity contribution in [1.29, 1.82) is 0 Å². The molecular weight excluding hydrogens is 426 g/mol. The molecular formula is C28H39N3O3. The van der Waals surface area contributed by atoms with Crippen molar-refractivity contribution in [3.05, 3.63) is 53.6 Å². The molecule has 0 aliphatic carbocycles.